The van der Waals surface area contributed by atoms with E-state index >= 15 is 0 Å². The first-order valence-corrected chi connectivity index (χ1v) is 6.55. The molecule has 0 aliphatic heterocycles. The minimum atomic E-state index is -0.912. The van der Waals surface area contributed by atoms with E-state index < -0.39 is 17.1 Å². The maximum atomic E-state index is 12.0. The number of nitrogens with one attached hydrogen (secondary N) is 2. The van der Waals surface area contributed by atoms with Gasteiger partial charge in [-0.2, -0.15) is 4.68 Å². The number of primary amides is 1. The van der Waals surface area contributed by atoms with Gasteiger partial charge in [-0.15, -0.1) is 5.73 Å². The zero-order valence-electron chi connectivity index (χ0n) is 12.5. The molecule has 10 nitrogen and oxygen atoms in total. The van der Waals surface area contributed by atoms with Crippen molar-refractivity contribution in [1.29, 1.82) is 0 Å². The van der Waals surface area contributed by atoms with E-state index in [0.717, 1.165) is 4.85 Å². The second-order valence-corrected chi connectivity index (χ2v) is 4.63. The number of amides is 1. The molecule has 0 unspecified atom stereocenters. The topological polar surface area (TPSA) is 154 Å². The normalized spacial score (nSPS) is 10.2. The van der Waals surface area contributed by atoms with Crippen LogP contribution in [0.4, 0.5) is 4.79 Å². The van der Waals surface area contributed by atoms with Crippen molar-refractivity contribution < 1.29 is 9.63 Å². The van der Waals surface area contributed by atoms with Crippen LogP contribution in [0.15, 0.2) is 15.3 Å². The number of aromatic amines is 2. The summed E-state index contributed by atoms with van der Waals surface area (Å²) >= 11 is 0. The summed E-state index contributed by atoms with van der Waals surface area (Å²) < 4.78 is 0.687. The molecule has 2 rings (SSSR count). The number of rotatable bonds is 4. The first-order valence-electron chi connectivity index (χ1n) is 6.55. The Morgan fingerprint density at radius 1 is 1.17 bits per heavy atom. The van der Waals surface area contributed by atoms with Crippen LogP contribution >= 0.6 is 0 Å². The Kier molecular flexibility index (Phi) is 4.39. The maximum Gasteiger partial charge on any atom is 0.341 e. The quantitative estimate of drug-likeness (QED) is 0.415. The van der Waals surface area contributed by atoms with Gasteiger partial charge < -0.3 is 10.6 Å². The van der Waals surface area contributed by atoms with E-state index in [2.05, 4.69) is 15.9 Å². The van der Waals surface area contributed by atoms with Gasteiger partial charge >= 0.3 is 11.6 Å². The molecule has 0 saturated carbocycles. The van der Waals surface area contributed by atoms with Crippen molar-refractivity contribution in [2.75, 3.05) is 6.73 Å². The predicted octanol–water partition coefficient (Wildman–Crippen LogP) is -1.12. The smallest absolute Gasteiger partial charge is 0.341 e. The van der Waals surface area contributed by atoms with Crippen LogP contribution < -0.4 is 27.4 Å². The van der Waals surface area contributed by atoms with Gasteiger partial charge in [0.15, 0.2) is 6.73 Å². The Morgan fingerprint density at radius 2 is 1.74 bits per heavy atom. The molecule has 6 N–H and O–H groups in total. The Balaban J connectivity index is 2.42. The largest absolute Gasteiger partial charge is 0.379 e. The molecule has 0 saturated heterocycles. The van der Waals surface area contributed by atoms with Crippen LogP contribution in [0.5, 0.6) is 0 Å². The molecule has 0 aromatic carbocycles. The summed E-state index contributed by atoms with van der Waals surface area (Å²) in [5, 5.41) is 5.23. The second-order valence-electron chi connectivity index (χ2n) is 4.63. The number of H-pyrrole nitrogens is 2. The van der Waals surface area contributed by atoms with Crippen LogP contribution in [-0.4, -0.2) is 32.5 Å². The van der Waals surface area contributed by atoms with Crippen LogP contribution in [-0.2, 0) is 0 Å². The third-order valence-corrected chi connectivity index (χ3v) is 3.08. The molecule has 0 aliphatic rings. The maximum absolute atomic E-state index is 12.0. The number of hydrogen-bond donors (Lipinski definition) is 4. The van der Waals surface area contributed by atoms with E-state index in [1.54, 1.807) is 13.8 Å². The summed E-state index contributed by atoms with van der Waals surface area (Å²) in [5.41, 5.74) is 13.5. The lowest BCUT2D eigenvalue weighted by Crippen LogP contribution is -2.30. The predicted molar refractivity (Wildman–Crippen MR) is 82.6 cm³/mol. The molecule has 23 heavy (non-hydrogen) atoms. The fourth-order valence-electron chi connectivity index (χ4n) is 1.96. The number of nitrogens with zero attached hydrogens (tertiary/aromatic N) is 2. The Hall–Kier alpha value is -3.23. The number of carbonyl (C=O) groups is 1. The fraction of sp³-hybridized carbons (Fsp3) is 0.231. The number of aromatic nitrogens is 4. The van der Waals surface area contributed by atoms with Crippen LogP contribution in [0.25, 0.3) is 12.2 Å². The van der Waals surface area contributed by atoms with Gasteiger partial charge in [0.2, 0.25) is 0 Å². The molecule has 122 valence electrons. The highest BCUT2D eigenvalue weighted by Gasteiger charge is 2.12. The number of carbonyl (C=O) groups excluding carboxylic acids is 1. The van der Waals surface area contributed by atoms with Crippen molar-refractivity contribution in [3.63, 3.8) is 0 Å². The molecular weight excluding hydrogens is 304 g/mol. The van der Waals surface area contributed by atoms with E-state index in [0.29, 0.717) is 21.6 Å². The third-order valence-electron chi connectivity index (χ3n) is 3.08. The first-order chi connectivity index (χ1) is 10.9. The van der Waals surface area contributed by atoms with Crippen molar-refractivity contribution in [3.8, 4) is 0 Å². The molecule has 0 aliphatic carbocycles. The van der Waals surface area contributed by atoms with Gasteiger partial charge in [0.25, 0.3) is 5.56 Å². The summed E-state index contributed by atoms with van der Waals surface area (Å²) in [4.78, 5) is 40.8. The summed E-state index contributed by atoms with van der Waals surface area (Å²) in [5.74, 6) is 0. The van der Waals surface area contributed by atoms with Gasteiger partial charge in [-0.3, -0.25) is 25.5 Å². The molecule has 0 bridgehead atoms. The number of aryl methyl sites for hydroxylation is 2. The molecule has 0 spiro atoms. The monoisotopic (exact) mass is 320 g/mol. The van der Waals surface area contributed by atoms with Crippen molar-refractivity contribution >= 4 is 18.2 Å². The summed E-state index contributed by atoms with van der Waals surface area (Å²) in [6.07, 6.45) is 2.75. The summed E-state index contributed by atoms with van der Waals surface area (Å²) in [6.45, 7) is 3.12. The van der Waals surface area contributed by atoms with Gasteiger partial charge in [0.1, 0.15) is 0 Å². The van der Waals surface area contributed by atoms with Crippen molar-refractivity contribution in [2.45, 2.75) is 13.8 Å². The average Bonchev–Trinajstić information content (AvgIpc) is 2.91. The van der Waals surface area contributed by atoms with Gasteiger partial charge in [-0.1, -0.05) is 4.85 Å². The van der Waals surface area contributed by atoms with E-state index in [-0.39, 0.29) is 12.3 Å². The fourth-order valence-corrected chi connectivity index (χ4v) is 1.96. The minimum absolute atomic E-state index is 0.159. The molecule has 1 amide bonds. The molecule has 0 fully saturated rings. The van der Waals surface area contributed by atoms with Gasteiger partial charge in [-0.25, -0.2) is 4.79 Å². The highest BCUT2D eigenvalue weighted by Crippen LogP contribution is 2.03. The average molecular weight is 320 g/mol. The van der Waals surface area contributed by atoms with Crippen LogP contribution in [0, 0.1) is 13.8 Å². The third kappa shape index (κ3) is 3.03. The minimum Gasteiger partial charge on any atom is -0.379 e. The SMILES string of the molecule is Cc1[nH]n(OCN)c(=O)c1C=C=Cc1c(C)[nH]n(C(N)=O)c1=O. The standard InChI is InChI=1S/C13H16N6O4/c1-7-9(11(20)18(16-7)13(15)22)4-3-5-10-8(2)17-19(12(10)21)23-6-14/h4-5,16-17H,6,14H2,1-2H3,(H2,15,22). The van der Waals surface area contributed by atoms with Crippen LogP contribution in [0.3, 0.4) is 0 Å². The Labute approximate surface area is 129 Å². The number of hydrogen-bond acceptors (Lipinski definition) is 5. The highest BCUT2D eigenvalue weighted by atomic mass is 16.7. The summed E-state index contributed by atoms with van der Waals surface area (Å²) in [6, 6.07) is -0.912. The van der Waals surface area contributed by atoms with Crippen LogP contribution in [0.2, 0.25) is 0 Å². The Morgan fingerprint density at radius 3 is 2.26 bits per heavy atom. The Bertz CT molecular complexity index is 919. The van der Waals surface area contributed by atoms with Gasteiger partial charge in [0, 0.05) is 11.4 Å². The lowest BCUT2D eigenvalue weighted by atomic mass is 10.2. The lowest BCUT2D eigenvalue weighted by Gasteiger charge is -1.98. The van der Waals surface area contributed by atoms with Crippen LogP contribution in [0.1, 0.15) is 22.5 Å². The summed E-state index contributed by atoms with van der Waals surface area (Å²) in [7, 11) is 0. The van der Waals surface area contributed by atoms with Gasteiger partial charge in [-0.05, 0) is 26.0 Å². The lowest BCUT2D eigenvalue weighted by molar-refractivity contribution is 0.0800. The van der Waals surface area contributed by atoms with E-state index in [1.807, 2.05) is 0 Å². The van der Waals surface area contributed by atoms with Crippen molar-refractivity contribution in [3.05, 3.63) is 49.0 Å². The van der Waals surface area contributed by atoms with Crippen molar-refractivity contribution in [1.82, 2.24) is 19.7 Å². The molecule has 10 heteroatoms. The zero-order valence-corrected chi connectivity index (χ0v) is 12.5. The molecule has 2 heterocycles. The van der Waals surface area contributed by atoms with E-state index in [4.69, 9.17) is 16.3 Å². The molecule has 2 aromatic heterocycles. The first kappa shape index (κ1) is 16.1. The molecule has 2 aromatic rings. The zero-order chi connectivity index (χ0) is 17.1. The van der Waals surface area contributed by atoms with Gasteiger partial charge in [0.05, 0.1) is 11.1 Å². The number of nitrogens with two attached hydrogens (primary N) is 2. The second kappa shape index (κ2) is 6.26. The van der Waals surface area contributed by atoms with E-state index in [9.17, 15) is 14.4 Å². The molecular formula is C13H16N6O4. The van der Waals surface area contributed by atoms with E-state index in [1.165, 1.54) is 12.2 Å². The molecule has 0 radical (unpaired) electrons. The molecule has 0 atom stereocenters. The van der Waals surface area contributed by atoms with Crippen molar-refractivity contribution in [2.24, 2.45) is 11.5 Å². The highest BCUT2D eigenvalue weighted by molar-refractivity contribution is 5.74.